The number of rotatable bonds is 6. The number of amides is 2. The molecule has 2 heterocycles. The fraction of sp³-hybridized carbons (Fsp3) is 0.259. The number of carbonyl (C=O) groups is 2. The van der Waals surface area contributed by atoms with Gasteiger partial charge in [-0.3, -0.25) is 9.59 Å². The van der Waals surface area contributed by atoms with E-state index in [1.165, 1.54) is 16.0 Å². The maximum absolute atomic E-state index is 13.6. The van der Waals surface area contributed by atoms with Gasteiger partial charge in [0, 0.05) is 23.5 Å². The fourth-order valence-electron chi connectivity index (χ4n) is 4.20. The zero-order chi connectivity index (χ0) is 22.7. The predicted molar refractivity (Wildman–Crippen MR) is 130 cm³/mol. The van der Waals surface area contributed by atoms with E-state index in [1.807, 2.05) is 36.1 Å². The second-order valence-corrected chi connectivity index (χ2v) is 9.29. The minimum atomic E-state index is -0.154. The van der Waals surface area contributed by atoms with Gasteiger partial charge in [0.25, 0.3) is 5.91 Å². The van der Waals surface area contributed by atoms with Crippen LogP contribution in [0.15, 0.2) is 72.6 Å². The molecule has 1 atom stereocenters. The first-order chi connectivity index (χ1) is 15.5. The Kier molecular flexibility index (Phi) is 6.56. The largest absolute Gasteiger partial charge is 0.330 e. The molecule has 0 aliphatic carbocycles. The summed E-state index contributed by atoms with van der Waals surface area (Å²) in [5.41, 5.74) is 5.16. The molecule has 2 amide bonds. The maximum Gasteiger partial charge on any atom is 0.254 e. The van der Waals surface area contributed by atoms with E-state index in [0.29, 0.717) is 18.7 Å². The van der Waals surface area contributed by atoms with Gasteiger partial charge in [-0.2, -0.15) is 0 Å². The standard InChI is InChI=1S/C27H28N2O2S/c1-4-15-28(27(31)22-11-7-20(3)8-12-22)18-25(30)29-16-13-24-23(14-17-32-24)26(29)21-9-5-19(2)6-10-21/h4-12,14,17,26H,1,13,15-16,18H2,2-3H3. The van der Waals surface area contributed by atoms with Crippen molar-refractivity contribution in [2.75, 3.05) is 19.6 Å². The zero-order valence-electron chi connectivity index (χ0n) is 18.6. The van der Waals surface area contributed by atoms with Crippen LogP contribution in [0.1, 0.15) is 43.5 Å². The maximum atomic E-state index is 13.6. The molecule has 4 nitrogen and oxygen atoms in total. The Hall–Kier alpha value is -3.18. The van der Waals surface area contributed by atoms with Crippen LogP contribution >= 0.6 is 11.3 Å². The number of hydrogen-bond donors (Lipinski definition) is 0. The molecule has 0 bridgehead atoms. The van der Waals surface area contributed by atoms with Crippen molar-refractivity contribution < 1.29 is 9.59 Å². The summed E-state index contributed by atoms with van der Waals surface area (Å²) in [5, 5.41) is 2.10. The summed E-state index contributed by atoms with van der Waals surface area (Å²) in [7, 11) is 0. The van der Waals surface area contributed by atoms with E-state index in [0.717, 1.165) is 17.5 Å². The summed E-state index contributed by atoms with van der Waals surface area (Å²) in [5.74, 6) is -0.201. The number of benzene rings is 2. The van der Waals surface area contributed by atoms with Crippen LogP contribution in [0.2, 0.25) is 0 Å². The molecule has 2 aromatic carbocycles. The summed E-state index contributed by atoms with van der Waals surface area (Å²) in [6.45, 7) is 8.83. The van der Waals surface area contributed by atoms with Gasteiger partial charge in [-0.05, 0) is 55.0 Å². The highest BCUT2D eigenvalue weighted by Gasteiger charge is 2.33. The van der Waals surface area contributed by atoms with Gasteiger partial charge in [-0.15, -0.1) is 17.9 Å². The van der Waals surface area contributed by atoms with Crippen LogP contribution < -0.4 is 0 Å². The molecular weight excluding hydrogens is 416 g/mol. The third kappa shape index (κ3) is 4.53. The van der Waals surface area contributed by atoms with E-state index in [-0.39, 0.29) is 24.4 Å². The van der Waals surface area contributed by atoms with Crippen molar-refractivity contribution in [2.45, 2.75) is 26.3 Å². The number of nitrogens with zero attached hydrogens (tertiary/aromatic N) is 2. The molecule has 4 rings (SSSR count). The lowest BCUT2D eigenvalue weighted by Gasteiger charge is -2.37. The number of aryl methyl sites for hydroxylation is 2. The van der Waals surface area contributed by atoms with Crippen LogP contribution in [0.4, 0.5) is 0 Å². The smallest absolute Gasteiger partial charge is 0.254 e. The molecule has 0 radical (unpaired) electrons. The molecule has 1 aliphatic rings. The minimum Gasteiger partial charge on any atom is -0.330 e. The zero-order valence-corrected chi connectivity index (χ0v) is 19.4. The Morgan fingerprint density at radius 1 is 1.06 bits per heavy atom. The van der Waals surface area contributed by atoms with Gasteiger partial charge in [0.05, 0.1) is 6.04 Å². The molecule has 0 fully saturated rings. The van der Waals surface area contributed by atoms with Crippen LogP contribution in [0.5, 0.6) is 0 Å². The Balaban J connectivity index is 1.60. The molecule has 1 unspecified atom stereocenters. The molecule has 5 heteroatoms. The number of carbonyl (C=O) groups excluding carboxylic acids is 2. The monoisotopic (exact) mass is 444 g/mol. The fourth-order valence-corrected chi connectivity index (χ4v) is 5.10. The summed E-state index contributed by atoms with van der Waals surface area (Å²) < 4.78 is 0. The Morgan fingerprint density at radius 3 is 2.38 bits per heavy atom. The van der Waals surface area contributed by atoms with Crippen molar-refractivity contribution in [3.63, 3.8) is 0 Å². The molecule has 1 aromatic heterocycles. The number of hydrogen-bond acceptors (Lipinski definition) is 3. The third-order valence-corrected chi connectivity index (χ3v) is 6.94. The SMILES string of the molecule is C=CCN(CC(=O)N1CCc2sccc2C1c1ccc(C)cc1)C(=O)c1ccc(C)cc1. The van der Waals surface area contributed by atoms with Crippen LogP contribution in [0, 0.1) is 13.8 Å². The summed E-state index contributed by atoms with van der Waals surface area (Å²) in [6, 6.07) is 17.8. The quantitative estimate of drug-likeness (QED) is 0.492. The normalized spacial score (nSPS) is 15.2. The lowest BCUT2D eigenvalue weighted by atomic mass is 9.92. The first-order valence-corrected chi connectivity index (χ1v) is 11.7. The van der Waals surface area contributed by atoms with E-state index in [2.05, 4.69) is 49.2 Å². The van der Waals surface area contributed by atoms with E-state index in [9.17, 15) is 9.59 Å². The molecule has 1 aliphatic heterocycles. The highest BCUT2D eigenvalue weighted by atomic mass is 32.1. The van der Waals surface area contributed by atoms with Crippen LogP contribution in [-0.2, 0) is 11.2 Å². The van der Waals surface area contributed by atoms with Gasteiger partial charge in [-0.25, -0.2) is 0 Å². The molecule has 3 aromatic rings. The third-order valence-electron chi connectivity index (χ3n) is 5.94. The summed E-state index contributed by atoms with van der Waals surface area (Å²) in [6.07, 6.45) is 2.51. The average Bonchev–Trinajstić information content (AvgIpc) is 3.28. The van der Waals surface area contributed by atoms with Crippen molar-refractivity contribution in [3.8, 4) is 0 Å². The minimum absolute atomic E-state index is 0.0283. The Morgan fingerprint density at radius 2 is 1.72 bits per heavy atom. The van der Waals surface area contributed by atoms with Crippen LogP contribution in [-0.4, -0.2) is 41.2 Å². The topological polar surface area (TPSA) is 40.6 Å². The molecule has 0 saturated heterocycles. The van der Waals surface area contributed by atoms with Crippen molar-refractivity contribution >= 4 is 23.2 Å². The molecule has 0 saturated carbocycles. The van der Waals surface area contributed by atoms with E-state index in [1.54, 1.807) is 22.3 Å². The molecule has 0 N–H and O–H groups in total. The van der Waals surface area contributed by atoms with Crippen molar-refractivity contribution in [1.82, 2.24) is 9.80 Å². The highest BCUT2D eigenvalue weighted by Crippen LogP contribution is 2.38. The lowest BCUT2D eigenvalue weighted by molar-refractivity contribution is -0.133. The lowest BCUT2D eigenvalue weighted by Crippen LogP contribution is -2.46. The van der Waals surface area contributed by atoms with Crippen LogP contribution in [0.25, 0.3) is 0 Å². The number of fused-ring (bicyclic) bond motifs is 1. The van der Waals surface area contributed by atoms with Crippen molar-refractivity contribution in [1.29, 1.82) is 0 Å². The highest BCUT2D eigenvalue weighted by molar-refractivity contribution is 7.10. The van der Waals surface area contributed by atoms with Gasteiger partial charge in [-0.1, -0.05) is 53.6 Å². The molecule has 32 heavy (non-hydrogen) atoms. The second-order valence-electron chi connectivity index (χ2n) is 8.29. The number of thiophene rings is 1. The average molecular weight is 445 g/mol. The van der Waals surface area contributed by atoms with E-state index >= 15 is 0 Å². The van der Waals surface area contributed by atoms with E-state index in [4.69, 9.17) is 0 Å². The first kappa shape index (κ1) is 22.0. The molecular formula is C27H28N2O2S. The van der Waals surface area contributed by atoms with E-state index < -0.39 is 0 Å². The van der Waals surface area contributed by atoms with Gasteiger partial charge < -0.3 is 9.80 Å². The van der Waals surface area contributed by atoms with Crippen molar-refractivity contribution in [2.24, 2.45) is 0 Å². The predicted octanol–water partition coefficient (Wildman–Crippen LogP) is 5.17. The van der Waals surface area contributed by atoms with Gasteiger partial charge in [0.15, 0.2) is 0 Å². The molecule has 164 valence electrons. The van der Waals surface area contributed by atoms with Gasteiger partial charge >= 0.3 is 0 Å². The van der Waals surface area contributed by atoms with Gasteiger partial charge in [0.2, 0.25) is 5.91 Å². The first-order valence-electron chi connectivity index (χ1n) is 10.9. The van der Waals surface area contributed by atoms with Gasteiger partial charge in [0.1, 0.15) is 6.54 Å². The molecule has 0 spiro atoms. The second kappa shape index (κ2) is 9.53. The Labute approximate surface area is 193 Å². The summed E-state index contributed by atoms with van der Waals surface area (Å²) >= 11 is 1.75. The summed E-state index contributed by atoms with van der Waals surface area (Å²) in [4.78, 5) is 31.5. The Bertz CT molecular complexity index is 1120. The van der Waals surface area contributed by atoms with Crippen LogP contribution in [0.3, 0.4) is 0 Å². The van der Waals surface area contributed by atoms with Crippen molar-refractivity contribution in [3.05, 3.63) is 105 Å².